The molecule has 5 aromatic carbocycles. The molecule has 0 aliphatic carbocycles. The molecule has 0 saturated carbocycles. The molecule has 1 fully saturated rings. The van der Waals surface area contributed by atoms with Crippen molar-refractivity contribution in [3.63, 3.8) is 0 Å². The first-order valence-electron chi connectivity index (χ1n) is 13.3. The van der Waals surface area contributed by atoms with Gasteiger partial charge in [-0.15, -0.1) is 0 Å². The van der Waals surface area contributed by atoms with Crippen molar-refractivity contribution < 1.29 is 4.42 Å². The Morgan fingerprint density at radius 1 is 0.579 bits per heavy atom. The van der Waals surface area contributed by atoms with Gasteiger partial charge < -0.3 is 14.2 Å². The lowest BCUT2D eigenvalue weighted by atomic mass is 9.99. The summed E-state index contributed by atoms with van der Waals surface area (Å²) in [5, 5.41) is 2.32. The van der Waals surface area contributed by atoms with Gasteiger partial charge in [0.1, 0.15) is 11.7 Å². The van der Waals surface area contributed by atoms with Crippen LogP contribution in [0.15, 0.2) is 132 Å². The molecule has 0 radical (unpaired) electrons. The number of fused-ring (bicyclic) bond motifs is 3. The van der Waals surface area contributed by atoms with Crippen molar-refractivity contribution in [2.45, 2.75) is 32.1 Å². The first kappa shape index (κ1) is 22.7. The van der Waals surface area contributed by atoms with E-state index in [-0.39, 0.29) is 18.2 Å². The van der Waals surface area contributed by atoms with E-state index < -0.39 is 0 Å². The molecular weight excluding hydrogens is 464 g/mol. The van der Waals surface area contributed by atoms with Gasteiger partial charge in [-0.1, -0.05) is 109 Å². The highest BCUT2D eigenvalue weighted by molar-refractivity contribution is 6.09. The van der Waals surface area contributed by atoms with E-state index in [0.717, 1.165) is 21.9 Å². The van der Waals surface area contributed by atoms with Crippen LogP contribution in [0.5, 0.6) is 0 Å². The summed E-state index contributed by atoms with van der Waals surface area (Å²) in [5.41, 5.74) is 8.04. The monoisotopic (exact) mass is 494 g/mol. The van der Waals surface area contributed by atoms with Crippen LogP contribution in [0, 0.1) is 6.92 Å². The van der Waals surface area contributed by atoms with Gasteiger partial charge in [0.25, 0.3) is 0 Å². The van der Waals surface area contributed by atoms with E-state index in [4.69, 9.17) is 4.42 Å². The van der Waals surface area contributed by atoms with Gasteiger partial charge in [0, 0.05) is 16.5 Å². The summed E-state index contributed by atoms with van der Waals surface area (Å²) in [7, 11) is 0. The number of nitrogens with zero attached hydrogens (tertiary/aromatic N) is 2. The number of rotatable bonds is 4. The van der Waals surface area contributed by atoms with Crippen LogP contribution in [0.1, 0.15) is 35.8 Å². The van der Waals surface area contributed by atoms with Crippen molar-refractivity contribution in [1.82, 2.24) is 0 Å². The summed E-state index contributed by atoms with van der Waals surface area (Å²) >= 11 is 0. The second kappa shape index (κ2) is 9.11. The number of hydrogen-bond donors (Lipinski definition) is 0. The third kappa shape index (κ3) is 3.50. The summed E-state index contributed by atoms with van der Waals surface area (Å²) in [4.78, 5) is 5.19. The Hall–Kier alpha value is -4.50. The SMILES string of the molecule is Cc1ccc2c(oc3ccccc32)c1N1C(c2ccccc2)N(c2ccccc2)C(c2ccccc2)[C@@H]1C. The van der Waals surface area contributed by atoms with Crippen LogP contribution in [0.2, 0.25) is 0 Å². The van der Waals surface area contributed by atoms with E-state index in [1.807, 2.05) is 6.07 Å². The Kier molecular flexibility index (Phi) is 5.44. The second-order valence-electron chi connectivity index (χ2n) is 10.2. The van der Waals surface area contributed by atoms with E-state index in [1.54, 1.807) is 0 Å². The number of anilines is 2. The predicted octanol–water partition coefficient (Wildman–Crippen LogP) is 9.05. The maximum atomic E-state index is 6.63. The van der Waals surface area contributed by atoms with Crippen LogP contribution >= 0.6 is 0 Å². The normalized spacial score (nSPS) is 19.5. The maximum Gasteiger partial charge on any atom is 0.159 e. The molecule has 0 N–H and O–H groups in total. The van der Waals surface area contributed by atoms with Crippen molar-refractivity contribution in [1.29, 1.82) is 0 Å². The van der Waals surface area contributed by atoms with E-state index >= 15 is 0 Å². The van der Waals surface area contributed by atoms with Crippen molar-refractivity contribution >= 4 is 33.3 Å². The fraction of sp³-hybridized carbons (Fsp3) is 0.143. The molecule has 7 rings (SSSR count). The number of benzene rings is 5. The minimum Gasteiger partial charge on any atom is -0.454 e. The molecule has 2 heterocycles. The zero-order valence-electron chi connectivity index (χ0n) is 21.7. The summed E-state index contributed by atoms with van der Waals surface area (Å²) in [6, 6.07) is 45.8. The topological polar surface area (TPSA) is 19.6 Å². The van der Waals surface area contributed by atoms with Crippen LogP contribution < -0.4 is 9.80 Å². The molecule has 3 heteroatoms. The molecule has 0 bridgehead atoms. The summed E-state index contributed by atoms with van der Waals surface area (Å²) < 4.78 is 6.63. The Labute approximate surface area is 223 Å². The Bertz CT molecular complexity index is 1710. The molecule has 1 aliphatic heterocycles. The molecule has 6 aromatic rings. The van der Waals surface area contributed by atoms with Gasteiger partial charge in [-0.05, 0) is 48.7 Å². The fourth-order valence-corrected chi connectivity index (χ4v) is 6.35. The van der Waals surface area contributed by atoms with Crippen molar-refractivity contribution in [2.24, 2.45) is 0 Å². The zero-order valence-corrected chi connectivity index (χ0v) is 21.7. The highest BCUT2D eigenvalue weighted by Crippen LogP contribution is 2.52. The number of para-hydroxylation sites is 2. The van der Waals surface area contributed by atoms with Gasteiger partial charge in [0.2, 0.25) is 0 Å². The van der Waals surface area contributed by atoms with E-state index in [1.165, 1.54) is 28.1 Å². The molecule has 3 atom stereocenters. The van der Waals surface area contributed by atoms with Crippen LogP contribution in [0.3, 0.4) is 0 Å². The van der Waals surface area contributed by atoms with Crippen LogP contribution in [0.4, 0.5) is 11.4 Å². The van der Waals surface area contributed by atoms with Gasteiger partial charge in [-0.3, -0.25) is 0 Å². The van der Waals surface area contributed by atoms with Gasteiger partial charge in [-0.2, -0.15) is 0 Å². The second-order valence-corrected chi connectivity index (χ2v) is 10.2. The molecule has 2 unspecified atom stereocenters. The molecular formula is C35H30N2O. The van der Waals surface area contributed by atoms with Crippen LogP contribution in [-0.4, -0.2) is 6.04 Å². The fourth-order valence-electron chi connectivity index (χ4n) is 6.35. The first-order valence-corrected chi connectivity index (χ1v) is 13.3. The van der Waals surface area contributed by atoms with E-state index in [2.05, 4.69) is 145 Å². The number of aryl methyl sites for hydroxylation is 1. The standard InChI is InChI=1S/C35H30N2O/c1-24-22-23-30-29-20-12-13-21-31(29)38-34(30)32(24)36-25(2)33(26-14-6-3-7-15-26)37(28-18-10-5-11-19-28)35(36)27-16-8-4-9-17-27/h3-23,25,33,35H,1-2H3/t25-,33?,35?/m0/s1. The van der Waals surface area contributed by atoms with Gasteiger partial charge in [-0.25, -0.2) is 0 Å². The lowest BCUT2D eigenvalue weighted by Crippen LogP contribution is -2.33. The van der Waals surface area contributed by atoms with E-state index in [0.29, 0.717) is 0 Å². The molecule has 3 nitrogen and oxygen atoms in total. The third-order valence-electron chi connectivity index (χ3n) is 8.00. The van der Waals surface area contributed by atoms with Crippen LogP contribution in [-0.2, 0) is 0 Å². The van der Waals surface area contributed by atoms with Crippen molar-refractivity contribution in [2.75, 3.05) is 9.80 Å². The summed E-state index contributed by atoms with van der Waals surface area (Å²) in [6.45, 7) is 4.57. The summed E-state index contributed by atoms with van der Waals surface area (Å²) in [6.07, 6.45) is -0.0173. The minimum absolute atomic E-state index is 0.0173. The quantitative estimate of drug-likeness (QED) is 0.244. The van der Waals surface area contributed by atoms with Crippen molar-refractivity contribution in [3.05, 3.63) is 144 Å². The van der Waals surface area contributed by atoms with Gasteiger partial charge >= 0.3 is 0 Å². The smallest absolute Gasteiger partial charge is 0.159 e. The molecule has 186 valence electrons. The Morgan fingerprint density at radius 2 is 1.18 bits per heavy atom. The lowest BCUT2D eigenvalue weighted by molar-refractivity contribution is 0.625. The van der Waals surface area contributed by atoms with Gasteiger partial charge in [0.15, 0.2) is 5.58 Å². The average Bonchev–Trinajstić information content (AvgIpc) is 3.49. The largest absolute Gasteiger partial charge is 0.454 e. The van der Waals surface area contributed by atoms with E-state index in [9.17, 15) is 0 Å². The highest BCUT2D eigenvalue weighted by atomic mass is 16.3. The van der Waals surface area contributed by atoms with Crippen LogP contribution in [0.25, 0.3) is 21.9 Å². The zero-order chi connectivity index (χ0) is 25.6. The van der Waals surface area contributed by atoms with Crippen molar-refractivity contribution in [3.8, 4) is 0 Å². The average molecular weight is 495 g/mol. The van der Waals surface area contributed by atoms with Gasteiger partial charge in [0.05, 0.1) is 17.8 Å². The third-order valence-corrected chi connectivity index (χ3v) is 8.00. The minimum atomic E-state index is -0.0173. The molecule has 38 heavy (non-hydrogen) atoms. The first-order chi connectivity index (χ1) is 18.7. The number of hydrogen-bond acceptors (Lipinski definition) is 3. The molecule has 1 aliphatic rings. The molecule has 0 amide bonds. The Morgan fingerprint density at radius 3 is 1.89 bits per heavy atom. The lowest BCUT2D eigenvalue weighted by Gasteiger charge is -2.35. The predicted molar refractivity (Wildman–Crippen MR) is 158 cm³/mol. The molecule has 1 saturated heterocycles. The number of furan rings is 1. The maximum absolute atomic E-state index is 6.63. The molecule has 0 spiro atoms. The summed E-state index contributed by atoms with van der Waals surface area (Å²) in [5.74, 6) is 0. The highest BCUT2D eigenvalue weighted by Gasteiger charge is 2.47. The molecule has 1 aromatic heterocycles. The Balaban J connectivity index is 1.53.